The number of amides is 1. The molecule has 3 rings (SSSR count). The number of alkyl carbamates (subject to hydrolysis) is 1. The van der Waals surface area contributed by atoms with Crippen LogP contribution in [-0.2, 0) is 4.74 Å². The van der Waals surface area contributed by atoms with E-state index in [0.717, 1.165) is 11.1 Å². The third-order valence-electron chi connectivity index (χ3n) is 3.43. The Labute approximate surface area is 132 Å². The SMILES string of the molecule is Cl.O=C1N[C@H](c2ccc(-c3ccccc3)cc2)C(F)(F)CO1. The Morgan fingerprint density at radius 2 is 1.59 bits per heavy atom. The van der Waals surface area contributed by atoms with Crippen LogP contribution in [0.25, 0.3) is 11.1 Å². The number of hydrogen-bond donors (Lipinski definition) is 1. The van der Waals surface area contributed by atoms with Crippen LogP contribution in [-0.4, -0.2) is 18.6 Å². The van der Waals surface area contributed by atoms with E-state index in [0.29, 0.717) is 5.56 Å². The van der Waals surface area contributed by atoms with Gasteiger partial charge in [0.2, 0.25) is 0 Å². The van der Waals surface area contributed by atoms with E-state index in [9.17, 15) is 13.6 Å². The predicted molar refractivity (Wildman–Crippen MR) is 81.3 cm³/mol. The van der Waals surface area contributed by atoms with Gasteiger partial charge in [0.1, 0.15) is 6.04 Å². The van der Waals surface area contributed by atoms with Crippen molar-refractivity contribution in [3.8, 4) is 11.1 Å². The minimum atomic E-state index is -3.12. The molecule has 1 atom stereocenters. The number of benzene rings is 2. The number of nitrogens with one attached hydrogen (secondary N) is 1. The summed E-state index contributed by atoms with van der Waals surface area (Å²) in [6.07, 6.45) is -0.821. The van der Waals surface area contributed by atoms with Crippen molar-refractivity contribution in [2.24, 2.45) is 0 Å². The number of carbonyl (C=O) groups is 1. The van der Waals surface area contributed by atoms with Gasteiger partial charge < -0.3 is 10.1 Å². The van der Waals surface area contributed by atoms with Gasteiger partial charge in [-0.2, -0.15) is 0 Å². The molecule has 0 unspecified atom stereocenters. The number of carbonyl (C=O) groups excluding carboxylic acids is 1. The van der Waals surface area contributed by atoms with Crippen molar-refractivity contribution in [1.29, 1.82) is 0 Å². The van der Waals surface area contributed by atoms with Crippen molar-refractivity contribution in [3.63, 3.8) is 0 Å². The van der Waals surface area contributed by atoms with Gasteiger partial charge in [-0.25, -0.2) is 13.6 Å². The maximum atomic E-state index is 13.8. The first-order chi connectivity index (χ1) is 10.1. The average molecular weight is 326 g/mol. The summed E-state index contributed by atoms with van der Waals surface area (Å²) in [5.74, 6) is -3.12. The van der Waals surface area contributed by atoms with Crippen LogP contribution in [0.5, 0.6) is 0 Å². The molecule has 2 aromatic rings. The topological polar surface area (TPSA) is 38.3 Å². The maximum absolute atomic E-state index is 13.8. The smallest absolute Gasteiger partial charge is 0.408 e. The maximum Gasteiger partial charge on any atom is 0.408 e. The normalized spacial score (nSPS) is 19.5. The Bertz CT molecular complexity index is 647. The fourth-order valence-corrected chi connectivity index (χ4v) is 2.34. The molecule has 1 amide bonds. The third kappa shape index (κ3) is 3.20. The molecule has 116 valence electrons. The molecule has 1 fully saturated rings. The Kier molecular flexibility index (Phi) is 4.66. The van der Waals surface area contributed by atoms with Crippen molar-refractivity contribution in [1.82, 2.24) is 5.32 Å². The Balaban J connectivity index is 0.00000176. The number of ether oxygens (including phenoxy) is 1. The molecule has 0 aliphatic carbocycles. The third-order valence-corrected chi connectivity index (χ3v) is 3.43. The van der Waals surface area contributed by atoms with Crippen molar-refractivity contribution < 1.29 is 18.3 Å². The Hall–Kier alpha value is -2.14. The lowest BCUT2D eigenvalue weighted by Crippen LogP contribution is -2.49. The van der Waals surface area contributed by atoms with Gasteiger partial charge in [0, 0.05) is 0 Å². The summed E-state index contributed by atoms with van der Waals surface area (Å²) in [6.45, 7) is -0.899. The first-order valence-electron chi connectivity index (χ1n) is 6.53. The van der Waals surface area contributed by atoms with Crippen LogP contribution in [0.2, 0.25) is 0 Å². The summed E-state index contributed by atoms with van der Waals surface area (Å²) in [4.78, 5) is 11.2. The van der Waals surface area contributed by atoms with E-state index in [-0.39, 0.29) is 12.4 Å². The molecule has 22 heavy (non-hydrogen) atoms. The highest BCUT2D eigenvalue weighted by molar-refractivity contribution is 5.85. The van der Waals surface area contributed by atoms with E-state index in [1.807, 2.05) is 30.3 Å². The quantitative estimate of drug-likeness (QED) is 0.899. The summed E-state index contributed by atoms with van der Waals surface area (Å²) in [7, 11) is 0. The molecule has 0 aromatic heterocycles. The first kappa shape index (κ1) is 16.2. The highest BCUT2D eigenvalue weighted by atomic mass is 35.5. The number of halogens is 3. The summed E-state index contributed by atoms with van der Waals surface area (Å²) in [5.41, 5.74) is 2.30. The number of cyclic esters (lactones) is 1. The molecule has 1 aliphatic heterocycles. The molecule has 6 heteroatoms. The van der Waals surface area contributed by atoms with Crippen LogP contribution in [0.3, 0.4) is 0 Å². The second-order valence-electron chi connectivity index (χ2n) is 4.90. The highest BCUT2D eigenvalue weighted by Gasteiger charge is 2.46. The van der Waals surface area contributed by atoms with E-state index < -0.39 is 24.7 Å². The fourth-order valence-electron chi connectivity index (χ4n) is 2.34. The summed E-state index contributed by atoms with van der Waals surface area (Å²) >= 11 is 0. The first-order valence-corrected chi connectivity index (χ1v) is 6.53. The summed E-state index contributed by atoms with van der Waals surface area (Å²) < 4.78 is 32.0. The van der Waals surface area contributed by atoms with E-state index in [4.69, 9.17) is 0 Å². The molecule has 1 saturated heterocycles. The zero-order valence-electron chi connectivity index (χ0n) is 11.5. The van der Waals surface area contributed by atoms with Gasteiger partial charge in [-0.05, 0) is 16.7 Å². The lowest BCUT2D eigenvalue weighted by molar-refractivity contribution is -0.104. The van der Waals surface area contributed by atoms with Crippen LogP contribution in [0, 0.1) is 0 Å². The standard InChI is InChI=1S/C16H13F2NO2.ClH/c17-16(18)10-21-15(20)19-14(16)13-8-6-12(7-9-13)11-4-2-1-3-5-11;/h1-9,14H,10H2,(H,19,20);1H/t14-;/m1./s1. The molecule has 0 bridgehead atoms. The molecule has 1 aliphatic rings. The van der Waals surface area contributed by atoms with E-state index in [1.165, 1.54) is 0 Å². The van der Waals surface area contributed by atoms with Crippen molar-refractivity contribution in [2.75, 3.05) is 6.61 Å². The lowest BCUT2D eigenvalue weighted by atomic mass is 9.97. The summed E-state index contributed by atoms with van der Waals surface area (Å²) in [6, 6.07) is 15.0. The van der Waals surface area contributed by atoms with Gasteiger partial charge in [0.25, 0.3) is 0 Å². The monoisotopic (exact) mass is 325 g/mol. The molecule has 0 spiro atoms. The second kappa shape index (κ2) is 6.32. The molecular formula is C16H14ClF2NO2. The van der Waals surface area contributed by atoms with Crippen molar-refractivity contribution >= 4 is 18.5 Å². The van der Waals surface area contributed by atoms with Crippen molar-refractivity contribution in [2.45, 2.75) is 12.0 Å². The van der Waals surface area contributed by atoms with Crippen LogP contribution >= 0.6 is 12.4 Å². The van der Waals surface area contributed by atoms with Gasteiger partial charge in [-0.3, -0.25) is 0 Å². The molecule has 0 saturated carbocycles. The van der Waals surface area contributed by atoms with E-state index in [2.05, 4.69) is 10.1 Å². The predicted octanol–water partition coefficient (Wildman–Crippen LogP) is 4.19. The minimum absolute atomic E-state index is 0. The van der Waals surface area contributed by atoms with Crippen LogP contribution in [0.15, 0.2) is 54.6 Å². The molecule has 1 heterocycles. The molecule has 2 aromatic carbocycles. The Morgan fingerprint density at radius 3 is 2.23 bits per heavy atom. The zero-order valence-corrected chi connectivity index (χ0v) is 12.3. The van der Waals surface area contributed by atoms with E-state index in [1.54, 1.807) is 24.3 Å². The van der Waals surface area contributed by atoms with Gasteiger partial charge in [0.05, 0.1) is 0 Å². The van der Waals surface area contributed by atoms with Crippen LogP contribution in [0.4, 0.5) is 13.6 Å². The largest absolute Gasteiger partial charge is 0.443 e. The van der Waals surface area contributed by atoms with Gasteiger partial charge in [-0.1, -0.05) is 54.6 Å². The van der Waals surface area contributed by atoms with Gasteiger partial charge in [-0.15, -0.1) is 12.4 Å². The molecular weight excluding hydrogens is 312 g/mol. The van der Waals surface area contributed by atoms with E-state index >= 15 is 0 Å². The van der Waals surface area contributed by atoms with Gasteiger partial charge >= 0.3 is 12.0 Å². The average Bonchev–Trinajstić information content (AvgIpc) is 2.51. The Morgan fingerprint density at radius 1 is 1.00 bits per heavy atom. The summed E-state index contributed by atoms with van der Waals surface area (Å²) in [5, 5.41) is 2.17. The second-order valence-corrected chi connectivity index (χ2v) is 4.90. The molecule has 0 radical (unpaired) electrons. The fraction of sp³-hybridized carbons (Fsp3) is 0.188. The highest BCUT2D eigenvalue weighted by Crippen LogP contribution is 2.35. The van der Waals surface area contributed by atoms with Crippen molar-refractivity contribution in [3.05, 3.63) is 60.2 Å². The zero-order chi connectivity index (χ0) is 14.9. The number of alkyl halides is 2. The van der Waals surface area contributed by atoms with Crippen LogP contribution in [0.1, 0.15) is 11.6 Å². The lowest BCUT2D eigenvalue weighted by Gasteiger charge is -2.31. The number of rotatable bonds is 2. The van der Waals surface area contributed by atoms with Gasteiger partial charge in [0.15, 0.2) is 6.61 Å². The number of hydrogen-bond acceptors (Lipinski definition) is 2. The minimum Gasteiger partial charge on any atom is -0.443 e. The van der Waals surface area contributed by atoms with Crippen LogP contribution < -0.4 is 5.32 Å². The molecule has 1 N–H and O–H groups in total. The molecule has 3 nitrogen and oxygen atoms in total.